The molecule has 0 unspecified atom stereocenters. The van der Waals surface area contributed by atoms with Crippen LogP contribution in [0.3, 0.4) is 0 Å². The third-order valence-corrected chi connectivity index (χ3v) is 3.73. The first-order chi connectivity index (χ1) is 8.35. The van der Waals surface area contributed by atoms with Gasteiger partial charge in [-0.3, -0.25) is 0 Å². The van der Waals surface area contributed by atoms with Gasteiger partial charge < -0.3 is 10.2 Å². The van der Waals surface area contributed by atoms with Crippen LogP contribution in [-0.4, -0.2) is 19.6 Å². The molecule has 1 atom stereocenters. The highest BCUT2D eigenvalue weighted by atomic mass is 35.5. The molecule has 1 heterocycles. The SMILES string of the molecule is CCN(CC)c1ccc([C@@H]2CCCCN2)cc1.Cl. The molecule has 1 saturated heterocycles. The van der Waals surface area contributed by atoms with Gasteiger partial charge in [0.1, 0.15) is 0 Å². The van der Waals surface area contributed by atoms with Crippen LogP contribution >= 0.6 is 12.4 Å². The Labute approximate surface area is 117 Å². The fraction of sp³-hybridized carbons (Fsp3) is 0.600. The molecule has 18 heavy (non-hydrogen) atoms. The molecule has 0 radical (unpaired) electrons. The van der Waals surface area contributed by atoms with Gasteiger partial charge in [0.25, 0.3) is 0 Å². The summed E-state index contributed by atoms with van der Waals surface area (Å²) < 4.78 is 0. The van der Waals surface area contributed by atoms with E-state index in [1.165, 1.54) is 37.1 Å². The summed E-state index contributed by atoms with van der Waals surface area (Å²) in [6.45, 7) is 7.75. The summed E-state index contributed by atoms with van der Waals surface area (Å²) in [5.41, 5.74) is 2.79. The second-order valence-corrected chi connectivity index (χ2v) is 4.77. The zero-order valence-corrected chi connectivity index (χ0v) is 12.3. The maximum Gasteiger partial charge on any atom is 0.0366 e. The largest absolute Gasteiger partial charge is 0.372 e. The lowest BCUT2D eigenvalue weighted by molar-refractivity contribution is 0.412. The topological polar surface area (TPSA) is 15.3 Å². The Morgan fingerprint density at radius 3 is 2.28 bits per heavy atom. The van der Waals surface area contributed by atoms with Crippen molar-refractivity contribution in [2.24, 2.45) is 0 Å². The van der Waals surface area contributed by atoms with Gasteiger partial charge in [-0.25, -0.2) is 0 Å². The fourth-order valence-electron chi connectivity index (χ4n) is 2.64. The maximum atomic E-state index is 3.60. The minimum Gasteiger partial charge on any atom is -0.372 e. The smallest absolute Gasteiger partial charge is 0.0366 e. The van der Waals surface area contributed by atoms with Gasteiger partial charge in [-0.05, 0) is 50.9 Å². The first-order valence-electron chi connectivity index (χ1n) is 6.93. The lowest BCUT2D eigenvalue weighted by Crippen LogP contribution is -2.27. The first kappa shape index (κ1) is 15.3. The Balaban J connectivity index is 0.00000162. The number of anilines is 1. The molecule has 1 fully saturated rings. The van der Waals surface area contributed by atoms with Crippen molar-refractivity contribution < 1.29 is 0 Å². The predicted octanol–water partition coefficient (Wildman–Crippen LogP) is 3.77. The molecule has 1 aliphatic rings. The summed E-state index contributed by atoms with van der Waals surface area (Å²) in [6, 6.07) is 9.68. The number of hydrogen-bond donors (Lipinski definition) is 1. The van der Waals surface area contributed by atoms with E-state index in [4.69, 9.17) is 0 Å². The van der Waals surface area contributed by atoms with Crippen LogP contribution in [0, 0.1) is 0 Å². The summed E-state index contributed by atoms with van der Waals surface area (Å²) in [4.78, 5) is 2.39. The van der Waals surface area contributed by atoms with Gasteiger partial charge in [-0.1, -0.05) is 18.6 Å². The molecule has 0 bridgehead atoms. The van der Waals surface area contributed by atoms with E-state index in [9.17, 15) is 0 Å². The van der Waals surface area contributed by atoms with Crippen LogP contribution in [0.15, 0.2) is 24.3 Å². The molecule has 0 aromatic heterocycles. The molecule has 0 spiro atoms. The number of nitrogens with one attached hydrogen (secondary N) is 1. The Morgan fingerprint density at radius 1 is 1.11 bits per heavy atom. The van der Waals surface area contributed by atoms with E-state index >= 15 is 0 Å². The molecular weight excluding hydrogens is 244 g/mol. The van der Waals surface area contributed by atoms with Crippen LogP contribution in [0.4, 0.5) is 5.69 Å². The van der Waals surface area contributed by atoms with Crippen molar-refractivity contribution in [1.82, 2.24) is 5.32 Å². The molecule has 1 aliphatic heterocycles. The second-order valence-electron chi connectivity index (χ2n) is 4.77. The summed E-state index contributed by atoms with van der Waals surface area (Å²) in [5.74, 6) is 0. The molecule has 1 aromatic rings. The molecule has 3 heteroatoms. The van der Waals surface area contributed by atoms with E-state index in [1.807, 2.05) is 0 Å². The second kappa shape index (κ2) is 7.65. The van der Waals surface area contributed by atoms with Crippen LogP contribution < -0.4 is 10.2 Å². The van der Waals surface area contributed by atoms with Crippen LogP contribution in [0.2, 0.25) is 0 Å². The van der Waals surface area contributed by atoms with Gasteiger partial charge in [0, 0.05) is 24.8 Å². The lowest BCUT2D eigenvalue weighted by atomic mass is 9.97. The fourth-order valence-corrected chi connectivity index (χ4v) is 2.64. The van der Waals surface area contributed by atoms with Gasteiger partial charge in [-0.2, -0.15) is 0 Å². The molecule has 1 aromatic carbocycles. The van der Waals surface area contributed by atoms with E-state index in [0.717, 1.165) is 13.1 Å². The molecule has 2 nitrogen and oxygen atoms in total. The zero-order chi connectivity index (χ0) is 12.1. The standard InChI is InChI=1S/C15H24N2.ClH/c1-3-17(4-2)14-10-8-13(9-11-14)15-7-5-6-12-16-15;/h8-11,15-16H,3-7,12H2,1-2H3;1H/t15-;/m0./s1. The monoisotopic (exact) mass is 268 g/mol. The Bertz CT molecular complexity index is 327. The van der Waals surface area contributed by atoms with Crippen molar-refractivity contribution in [2.75, 3.05) is 24.5 Å². The lowest BCUT2D eigenvalue weighted by Gasteiger charge is -2.25. The number of rotatable bonds is 4. The Kier molecular flexibility index (Phi) is 6.51. The van der Waals surface area contributed by atoms with Crippen molar-refractivity contribution >= 4 is 18.1 Å². The van der Waals surface area contributed by atoms with Gasteiger partial charge in [0.05, 0.1) is 0 Å². The van der Waals surface area contributed by atoms with Gasteiger partial charge in [0.2, 0.25) is 0 Å². The van der Waals surface area contributed by atoms with Gasteiger partial charge in [0.15, 0.2) is 0 Å². The first-order valence-corrected chi connectivity index (χ1v) is 6.93. The van der Waals surface area contributed by atoms with E-state index in [2.05, 4.69) is 48.3 Å². The number of piperidine rings is 1. The van der Waals surface area contributed by atoms with Gasteiger partial charge in [-0.15, -0.1) is 12.4 Å². The zero-order valence-electron chi connectivity index (χ0n) is 11.5. The number of halogens is 1. The highest BCUT2D eigenvalue weighted by molar-refractivity contribution is 5.85. The average molecular weight is 269 g/mol. The quantitative estimate of drug-likeness (QED) is 0.894. The van der Waals surface area contributed by atoms with Crippen molar-refractivity contribution in [3.05, 3.63) is 29.8 Å². The number of hydrogen-bond acceptors (Lipinski definition) is 2. The van der Waals surface area contributed by atoms with E-state index in [0.29, 0.717) is 6.04 Å². The molecule has 102 valence electrons. The molecule has 0 amide bonds. The molecule has 1 N–H and O–H groups in total. The number of nitrogens with zero attached hydrogens (tertiary/aromatic N) is 1. The molecule has 0 aliphatic carbocycles. The highest BCUT2D eigenvalue weighted by Crippen LogP contribution is 2.25. The molecule has 0 saturated carbocycles. The van der Waals surface area contributed by atoms with Gasteiger partial charge >= 0.3 is 0 Å². The Morgan fingerprint density at radius 2 is 1.78 bits per heavy atom. The highest BCUT2D eigenvalue weighted by Gasteiger charge is 2.14. The summed E-state index contributed by atoms with van der Waals surface area (Å²) in [6.07, 6.45) is 3.97. The maximum absolute atomic E-state index is 3.60. The third kappa shape index (κ3) is 3.63. The van der Waals surface area contributed by atoms with Crippen molar-refractivity contribution in [2.45, 2.75) is 39.2 Å². The van der Waals surface area contributed by atoms with Crippen molar-refractivity contribution in [1.29, 1.82) is 0 Å². The van der Waals surface area contributed by atoms with Crippen molar-refractivity contribution in [3.63, 3.8) is 0 Å². The van der Waals surface area contributed by atoms with Crippen molar-refractivity contribution in [3.8, 4) is 0 Å². The van der Waals surface area contributed by atoms with Crippen LogP contribution in [0.5, 0.6) is 0 Å². The normalized spacial score (nSPS) is 19.1. The van der Waals surface area contributed by atoms with E-state index in [1.54, 1.807) is 0 Å². The average Bonchev–Trinajstić information content (AvgIpc) is 2.42. The third-order valence-electron chi connectivity index (χ3n) is 3.73. The van der Waals surface area contributed by atoms with E-state index < -0.39 is 0 Å². The summed E-state index contributed by atoms with van der Waals surface area (Å²) in [5, 5.41) is 3.60. The van der Waals surface area contributed by atoms with Crippen LogP contribution in [0.1, 0.15) is 44.7 Å². The minimum absolute atomic E-state index is 0. The summed E-state index contributed by atoms with van der Waals surface area (Å²) in [7, 11) is 0. The van der Waals surface area contributed by atoms with Crippen LogP contribution in [-0.2, 0) is 0 Å². The molecular formula is C15H25ClN2. The number of benzene rings is 1. The minimum atomic E-state index is 0. The van der Waals surface area contributed by atoms with E-state index in [-0.39, 0.29) is 12.4 Å². The Hall–Kier alpha value is -0.730. The molecule has 2 rings (SSSR count). The predicted molar refractivity (Wildman–Crippen MR) is 81.8 cm³/mol. The van der Waals surface area contributed by atoms with Crippen LogP contribution in [0.25, 0.3) is 0 Å². The summed E-state index contributed by atoms with van der Waals surface area (Å²) >= 11 is 0.